The van der Waals surface area contributed by atoms with E-state index in [-0.39, 0.29) is 17.4 Å². The summed E-state index contributed by atoms with van der Waals surface area (Å²) in [6.45, 7) is 0. The lowest BCUT2D eigenvalue weighted by molar-refractivity contribution is -0.384. The van der Waals surface area contributed by atoms with Gasteiger partial charge < -0.3 is 10.5 Å². The van der Waals surface area contributed by atoms with Gasteiger partial charge in [-0.15, -0.1) is 0 Å². The zero-order valence-electron chi connectivity index (χ0n) is 10.0. The fraction of sp³-hybridized carbons (Fsp3) is 0. The Kier molecular flexibility index (Phi) is 3.70. The molecule has 1 aromatic carbocycles. The van der Waals surface area contributed by atoms with Crippen LogP contribution in [0.5, 0.6) is 11.6 Å². The van der Waals surface area contributed by atoms with Crippen LogP contribution in [0.3, 0.4) is 0 Å². The molecule has 0 saturated carbocycles. The number of benzene rings is 1. The van der Waals surface area contributed by atoms with Crippen LogP contribution in [0.25, 0.3) is 0 Å². The molecule has 0 fully saturated rings. The fourth-order valence-electron chi connectivity index (χ4n) is 1.35. The molecule has 0 atom stereocenters. The maximum absolute atomic E-state index is 10.7. The number of rotatable bonds is 4. The minimum atomic E-state index is -0.759. The van der Waals surface area contributed by atoms with Gasteiger partial charge in [0.1, 0.15) is 17.9 Å². The van der Waals surface area contributed by atoms with E-state index < -0.39 is 11.0 Å². The molecule has 9 nitrogen and oxygen atoms in total. The number of nitrogens with one attached hydrogen (secondary N) is 1. The zero-order chi connectivity index (χ0) is 14.5. The Morgan fingerprint density at radius 2 is 2.00 bits per heavy atom. The minimum Gasteiger partial charge on any atom is -0.439 e. The van der Waals surface area contributed by atoms with E-state index in [2.05, 4.69) is 15.3 Å². The van der Waals surface area contributed by atoms with Gasteiger partial charge in [0.25, 0.3) is 5.69 Å². The Morgan fingerprint density at radius 3 is 2.60 bits per heavy atom. The molecule has 20 heavy (non-hydrogen) atoms. The third-order valence-corrected chi connectivity index (χ3v) is 2.16. The van der Waals surface area contributed by atoms with Gasteiger partial charge in [0, 0.05) is 18.2 Å². The van der Waals surface area contributed by atoms with Gasteiger partial charge in [0.15, 0.2) is 0 Å². The van der Waals surface area contributed by atoms with Crippen molar-refractivity contribution in [2.24, 2.45) is 5.73 Å². The van der Waals surface area contributed by atoms with Crippen molar-refractivity contribution in [1.29, 1.82) is 0 Å². The van der Waals surface area contributed by atoms with E-state index in [1.807, 2.05) is 0 Å². The third kappa shape index (κ3) is 3.38. The smallest absolute Gasteiger partial charge is 0.317 e. The van der Waals surface area contributed by atoms with Crippen molar-refractivity contribution in [3.63, 3.8) is 0 Å². The van der Waals surface area contributed by atoms with Crippen LogP contribution in [0.4, 0.5) is 16.3 Å². The summed E-state index contributed by atoms with van der Waals surface area (Å²) in [5.41, 5.74) is 4.91. The largest absolute Gasteiger partial charge is 0.439 e. The topological polar surface area (TPSA) is 133 Å². The molecule has 0 aliphatic carbocycles. The highest BCUT2D eigenvalue weighted by molar-refractivity contribution is 5.86. The Balaban J connectivity index is 2.13. The summed E-state index contributed by atoms with van der Waals surface area (Å²) >= 11 is 0. The first-order valence-electron chi connectivity index (χ1n) is 5.35. The molecule has 0 saturated heterocycles. The molecule has 0 bridgehead atoms. The number of nitrogens with zero attached hydrogens (tertiary/aromatic N) is 3. The van der Waals surface area contributed by atoms with Crippen LogP contribution in [0, 0.1) is 10.1 Å². The highest BCUT2D eigenvalue weighted by Crippen LogP contribution is 2.23. The van der Waals surface area contributed by atoms with Gasteiger partial charge in [0.05, 0.1) is 4.92 Å². The standard InChI is InChI=1S/C11H9N5O4/c12-11(17)15-9-5-10(14-6-13-9)20-8-3-1-7(2-4-8)16(18)19/h1-6H,(H3,12,13,14,15,17). The molecular weight excluding hydrogens is 266 g/mol. The van der Waals surface area contributed by atoms with Gasteiger partial charge in [-0.1, -0.05) is 0 Å². The molecule has 0 radical (unpaired) electrons. The summed E-state index contributed by atoms with van der Waals surface area (Å²) < 4.78 is 5.37. The zero-order valence-corrected chi connectivity index (χ0v) is 10.0. The number of anilines is 1. The molecule has 2 rings (SSSR count). The van der Waals surface area contributed by atoms with Crippen LogP contribution >= 0.6 is 0 Å². The summed E-state index contributed by atoms with van der Waals surface area (Å²) in [6, 6.07) is 6.08. The second-order valence-corrected chi connectivity index (χ2v) is 3.58. The highest BCUT2D eigenvalue weighted by atomic mass is 16.6. The van der Waals surface area contributed by atoms with Gasteiger partial charge in [0.2, 0.25) is 5.88 Å². The molecule has 1 aromatic heterocycles. The first-order valence-corrected chi connectivity index (χ1v) is 5.35. The van der Waals surface area contributed by atoms with E-state index in [0.717, 1.165) is 0 Å². The summed E-state index contributed by atoms with van der Waals surface area (Å²) in [7, 11) is 0. The number of hydrogen-bond donors (Lipinski definition) is 2. The van der Waals surface area contributed by atoms with E-state index in [9.17, 15) is 14.9 Å². The Labute approximate surface area is 112 Å². The number of carbonyl (C=O) groups is 1. The number of carbonyl (C=O) groups excluding carboxylic acids is 1. The van der Waals surface area contributed by atoms with Crippen LogP contribution < -0.4 is 15.8 Å². The van der Waals surface area contributed by atoms with Gasteiger partial charge in [-0.2, -0.15) is 0 Å². The van der Waals surface area contributed by atoms with E-state index in [4.69, 9.17) is 10.5 Å². The molecule has 0 aliphatic heterocycles. The summed E-state index contributed by atoms with van der Waals surface area (Å²) in [4.78, 5) is 28.3. The Hall–Kier alpha value is -3.23. The van der Waals surface area contributed by atoms with Crippen molar-refractivity contribution < 1.29 is 14.5 Å². The fourth-order valence-corrected chi connectivity index (χ4v) is 1.35. The maximum atomic E-state index is 10.7. The normalized spacial score (nSPS) is 9.80. The van der Waals surface area contributed by atoms with Crippen molar-refractivity contribution in [2.75, 3.05) is 5.32 Å². The van der Waals surface area contributed by atoms with Crippen molar-refractivity contribution in [2.45, 2.75) is 0 Å². The first kappa shape index (κ1) is 13.2. The van der Waals surface area contributed by atoms with E-state index in [0.29, 0.717) is 5.75 Å². The predicted octanol–water partition coefficient (Wildman–Crippen LogP) is 1.67. The van der Waals surface area contributed by atoms with Crippen molar-refractivity contribution in [3.05, 3.63) is 46.8 Å². The summed E-state index contributed by atoms with van der Waals surface area (Å²) in [6.07, 6.45) is 1.19. The number of primary amides is 1. The number of ether oxygens (including phenoxy) is 1. The highest BCUT2D eigenvalue weighted by Gasteiger charge is 2.06. The van der Waals surface area contributed by atoms with Gasteiger partial charge in [-0.05, 0) is 12.1 Å². The van der Waals surface area contributed by atoms with Gasteiger partial charge in [-0.3, -0.25) is 15.4 Å². The van der Waals surface area contributed by atoms with Crippen molar-refractivity contribution in [3.8, 4) is 11.6 Å². The first-order chi connectivity index (χ1) is 9.54. The molecule has 2 amide bonds. The number of urea groups is 1. The predicted molar refractivity (Wildman–Crippen MR) is 68.4 cm³/mol. The quantitative estimate of drug-likeness (QED) is 0.643. The number of hydrogen-bond acceptors (Lipinski definition) is 6. The molecule has 0 aliphatic rings. The second-order valence-electron chi connectivity index (χ2n) is 3.58. The lowest BCUT2D eigenvalue weighted by Crippen LogP contribution is -2.20. The maximum Gasteiger partial charge on any atom is 0.317 e. The number of nitro benzene ring substituents is 1. The SMILES string of the molecule is NC(=O)Nc1cc(Oc2ccc([N+](=O)[O-])cc2)ncn1. The average Bonchev–Trinajstić information content (AvgIpc) is 2.39. The Bertz CT molecular complexity index is 644. The molecular formula is C11H9N5O4. The van der Waals surface area contributed by atoms with Gasteiger partial charge >= 0.3 is 6.03 Å². The van der Waals surface area contributed by atoms with Crippen molar-refractivity contribution in [1.82, 2.24) is 9.97 Å². The van der Waals surface area contributed by atoms with Crippen LogP contribution in [0.15, 0.2) is 36.7 Å². The van der Waals surface area contributed by atoms with E-state index in [1.165, 1.54) is 36.7 Å². The number of nitro groups is 1. The molecule has 9 heteroatoms. The molecule has 0 unspecified atom stereocenters. The molecule has 2 aromatic rings. The van der Waals surface area contributed by atoms with Crippen molar-refractivity contribution >= 4 is 17.5 Å². The number of non-ortho nitro benzene ring substituents is 1. The lowest BCUT2D eigenvalue weighted by atomic mass is 10.3. The second kappa shape index (κ2) is 5.61. The monoisotopic (exact) mass is 275 g/mol. The number of aromatic nitrogens is 2. The molecule has 1 heterocycles. The minimum absolute atomic E-state index is 0.0453. The molecule has 102 valence electrons. The average molecular weight is 275 g/mol. The van der Waals surface area contributed by atoms with Crippen LogP contribution in [-0.4, -0.2) is 20.9 Å². The summed E-state index contributed by atoms with van der Waals surface area (Å²) in [5, 5.41) is 12.8. The lowest BCUT2D eigenvalue weighted by Gasteiger charge is -2.05. The molecule has 0 spiro atoms. The number of amides is 2. The van der Waals surface area contributed by atoms with Crippen LogP contribution in [-0.2, 0) is 0 Å². The van der Waals surface area contributed by atoms with E-state index >= 15 is 0 Å². The number of nitrogens with two attached hydrogens (primary N) is 1. The van der Waals surface area contributed by atoms with Crippen LogP contribution in [0.2, 0.25) is 0 Å². The summed E-state index contributed by atoms with van der Waals surface area (Å²) in [5.74, 6) is 0.710. The van der Waals surface area contributed by atoms with E-state index in [1.54, 1.807) is 0 Å². The Morgan fingerprint density at radius 1 is 1.30 bits per heavy atom. The van der Waals surface area contributed by atoms with Crippen LogP contribution in [0.1, 0.15) is 0 Å². The third-order valence-electron chi connectivity index (χ3n) is 2.16. The molecule has 3 N–H and O–H groups in total. The van der Waals surface area contributed by atoms with Gasteiger partial charge in [-0.25, -0.2) is 14.8 Å².